The Labute approximate surface area is 189 Å². The van der Waals surface area contributed by atoms with Crippen molar-refractivity contribution in [3.05, 3.63) is 48.0 Å². The minimum absolute atomic E-state index is 0.0198. The topological polar surface area (TPSA) is 120 Å². The number of methoxy groups -OCH3 is 2. The summed E-state index contributed by atoms with van der Waals surface area (Å²) in [5, 5.41) is 4.97. The van der Waals surface area contributed by atoms with Crippen molar-refractivity contribution in [2.45, 2.75) is 19.1 Å². The largest absolute Gasteiger partial charge is 0.496 e. The van der Waals surface area contributed by atoms with Crippen LogP contribution in [0, 0.1) is 0 Å². The van der Waals surface area contributed by atoms with E-state index in [1.165, 1.54) is 32.4 Å². The molecule has 1 atom stereocenters. The number of amides is 2. The number of carbonyl (C=O) groups excluding carboxylic acids is 2. The van der Waals surface area contributed by atoms with Crippen LogP contribution in [0.25, 0.3) is 0 Å². The van der Waals surface area contributed by atoms with E-state index < -0.39 is 34.3 Å². The molecule has 0 aliphatic carbocycles. The van der Waals surface area contributed by atoms with Crippen LogP contribution in [-0.2, 0) is 14.6 Å². The standard InChI is InChI=1S/C21H24F2N2O7S/c1-30-16-7-5-4-6-14(16)19(26)25-15(10-11-33(3,28)29)20(27)24-13-8-9-17(31-2)18(12-13)32-21(22)23/h4-9,12,15,21H,10-11H2,1-3H3,(H,24,27)(H,25,26). The monoisotopic (exact) mass is 486 g/mol. The number of sulfone groups is 1. The number of benzene rings is 2. The summed E-state index contributed by atoms with van der Waals surface area (Å²) in [6, 6.07) is 8.87. The molecule has 0 saturated carbocycles. The molecule has 2 N–H and O–H groups in total. The maximum Gasteiger partial charge on any atom is 0.387 e. The first kappa shape index (κ1) is 25.8. The van der Waals surface area contributed by atoms with Crippen molar-refractivity contribution in [2.75, 3.05) is 31.5 Å². The number of rotatable bonds is 11. The SMILES string of the molecule is COc1ccc(NC(=O)C(CCS(C)(=O)=O)NC(=O)c2ccccc2OC)cc1OC(F)F. The van der Waals surface area contributed by atoms with Gasteiger partial charge in [-0.1, -0.05) is 12.1 Å². The van der Waals surface area contributed by atoms with E-state index in [-0.39, 0.29) is 40.7 Å². The van der Waals surface area contributed by atoms with Crippen LogP contribution in [0.1, 0.15) is 16.8 Å². The van der Waals surface area contributed by atoms with Crippen LogP contribution in [0.3, 0.4) is 0 Å². The number of alkyl halides is 2. The zero-order chi connectivity index (χ0) is 24.6. The van der Waals surface area contributed by atoms with Gasteiger partial charge >= 0.3 is 6.61 Å². The number of para-hydroxylation sites is 1. The number of ether oxygens (including phenoxy) is 3. The van der Waals surface area contributed by atoms with Gasteiger partial charge in [0, 0.05) is 18.0 Å². The molecule has 0 saturated heterocycles. The molecule has 2 amide bonds. The van der Waals surface area contributed by atoms with Gasteiger partial charge in [-0.25, -0.2) is 8.42 Å². The molecule has 1 unspecified atom stereocenters. The molecule has 0 aliphatic heterocycles. The van der Waals surface area contributed by atoms with Crippen LogP contribution in [0.2, 0.25) is 0 Å². The van der Waals surface area contributed by atoms with Gasteiger partial charge in [-0.15, -0.1) is 0 Å². The number of hydrogen-bond acceptors (Lipinski definition) is 7. The number of anilines is 1. The summed E-state index contributed by atoms with van der Waals surface area (Å²) in [5.41, 5.74) is 0.224. The first-order valence-electron chi connectivity index (χ1n) is 9.59. The Bertz CT molecular complexity index is 1090. The number of halogens is 2. The highest BCUT2D eigenvalue weighted by molar-refractivity contribution is 7.90. The van der Waals surface area contributed by atoms with Crippen LogP contribution in [0.4, 0.5) is 14.5 Å². The fourth-order valence-electron chi connectivity index (χ4n) is 2.84. The number of hydrogen-bond donors (Lipinski definition) is 2. The van der Waals surface area contributed by atoms with Gasteiger partial charge in [0.2, 0.25) is 5.91 Å². The Morgan fingerprint density at radius 3 is 2.27 bits per heavy atom. The van der Waals surface area contributed by atoms with E-state index in [1.807, 2.05) is 0 Å². The van der Waals surface area contributed by atoms with Crippen LogP contribution in [-0.4, -0.2) is 59.1 Å². The molecule has 33 heavy (non-hydrogen) atoms. The molecule has 2 aromatic rings. The lowest BCUT2D eigenvalue weighted by molar-refractivity contribution is -0.118. The summed E-state index contributed by atoms with van der Waals surface area (Å²) in [7, 11) is -0.802. The zero-order valence-electron chi connectivity index (χ0n) is 18.1. The Kier molecular flexibility index (Phi) is 8.97. The highest BCUT2D eigenvalue weighted by Crippen LogP contribution is 2.31. The van der Waals surface area contributed by atoms with Gasteiger partial charge in [-0.3, -0.25) is 9.59 Å². The predicted octanol–water partition coefficient (Wildman–Crippen LogP) is 2.48. The molecule has 0 bridgehead atoms. The van der Waals surface area contributed by atoms with E-state index in [0.717, 1.165) is 12.3 Å². The Morgan fingerprint density at radius 1 is 1.00 bits per heavy atom. The van der Waals surface area contributed by atoms with Gasteiger partial charge in [0.25, 0.3) is 5.91 Å². The zero-order valence-corrected chi connectivity index (χ0v) is 18.9. The van der Waals surface area contributed by atoms with Gasteiger partial charge in [0.15, 0.2) is 11.5 Å². The Hall–Kier alpha value is -3.41. The van der Waals surface area contributed by atoms with Crippen molar-refractivity contribution in [3.8, 4) is 17.2 Å². The third-order valence-corrected chi connectivity index (χ3v) is 5.38. The van der Waals surface area contributed by atoms with E-state index in [1.54, 1.807) is 18.2 Å². The molecular weight excluding hydrogens is 462 g/mol. The molecule has 2 aromatic carbocycles. The molecule has 180 valence electrons. The van der Waals surface area contributed by atoms with Crippen molar-refractivity contribution in [1.29, 1.82) is 0 Å². The lowest BCUT2D eigenvalue weighted by Crippen LogP contribution is -2.44. The second-order valence-electron chi connectivity index (χ2n) is 6.88. The normalized spacial score (nSPS) is 12.1. The summed E-state index contributed by atoms with van der Waals surface area (Å²) in [5.74, 6) is -1.81. The molecule has 0 radical (unpaired) electrons. The summed E-state index contributed by atoms with van der Waals surface area (Å²) < 4.78 is 63.0. The molecule has 2 rings (SSSR count). The van der Waals surface area contributed by atoms with Gasteiger partial charge in [-0.05, 0) is 30.7 Å². The molecule has 0 aromatic heterocycles. The highest BCUT2D eigenvalue weighted by Gasteiger charge is 2.25. The van der Waals surface area contributed by atoms with Crippen molar-refractivity contribution in [1.82, 2.24) is 5.32 Å². The minimum atomic E-state index is -3.44. The summed E-state index contributed by atoms with van der Waals surface area (Å²) >= 11 is 0. The number of nitrogens with one attached hydrogen (secondary N) is 2. The lowest BCUT2D eigenvalue weighted by Gasteiger charge is -2.19. The van der Waals surface area contributed by atoms with Crippen molar-refractivity contribution < 1.29 is 41.0 Å². The van der Waals surface area contributed by atoms with E-state index in [0.29, 0.717) is 0 Å². The van der Waals surface area contributed by atoms with E-state index in [4.69, 9.17) is 9.47 Å². The van der Waals surface area contributed by atoms with Gasteiger partial charge in [0.1, 0.15) is 21.6 Å². The molecule has 0 spiro atoms. The predicted molar refractivity (Wildman–Crippen MR) is 117 cm³/mol. The van der Waals surface area contributed by atoms with E-state index >= 15 is 0 Å². The second-order valence-corrected chi connectivity index (χ2v) is 9.14. The summed E-state index contributed by atoms with van der Waals surface area (Å²) in [4.78, 5) is 25.6. The first-order chi connectivity index (χ1) is 15.5. The van der Waals surface area contributed by atoms with Crippen LogP contribution in [0.5, 0.6) is 17.2 Å². The molecule has 0 fully saturated rings. The van der Waals surface area contributed by atoms with Crippen molar-refractivity contribution in [3.63, 3.8) is 0 Å². The van der Waals surface area contributed by atoms with Crippen LogP contribution >= 0.6 is 0 Å². The fraction of sp³-hybridized carbons (Fsp3) is 0.333. The summed E-state index contributed by atoms with van der Waals surface area (Å²) in [6.45, 7) is -3.12. The second kappa shape index (κ2) is 11.5. The Morgan fingerprint density at radius 2 is 1.67 bits per heavy atom. The highest BCUT2D eigenvalue weighted by atomic mass is 32.2. The maximum atomic E-state index is 12.9. The molecule has 9 nitrogen and oxygen atoms in total. The molecule has 12 heteroatoms. The first-order valence-corrected chi connectivity index (χ1v) is 11.7. The van der Waals surface area contributed by atoms with Crippen molar-refractivity contribution in [2.24, 2.45) is 0 Å². The average molecular weight is 486 g/mol. The minimum Gasteiger partial charge on any atom is -0.496 e. The molecule has 0 aliphatic rings. The fourth-order valence-corrected chi connectivity index (χ4v) is 3.50. The maximum absolute atomic E-state index is 12.9. The van der Waals surface area contributed by atoms with E-state index in [2.05, 4.69) is 15.4 Å². The smallest absolute Gasteiger partial charge is 0.387 e. The quantitative estimate of drug-likeness (QED) is 0.501. The molecule has 0 heterocycles. The van der Waals surface area contributed by atoms with Crippen LogP contribution < -0.4 is 24.8 Å². The van der Waals surface area contributed by atoms with Gasteiger partial charge in [0.05, 0.1) is 25.5 Å². The van der Waals surface area contributed by atoms with Crippen LogP contribution in [0.15, 0.2) is 42.5 Å². The third-order valence-electron chi connectivity index (χ3n) is 4.40. The molecular formula is C21H24F2N2O7S. The Balaban J connectivity index is 2.26. The average Bonchev–Trinajstić information content (AvgIpc) is 2.75. The van der Waals surface area contributed by atoms with Gasteiger partial charge in [-0.2, -0.15) is 8.78 Å². The number of carbonyl (C=O) groups is 2. The van der Waals surface area contributed by atoms with Crippen molar-refractivity contribution >= 4 is 27.3 Å². The lowest BCUT2D eigenvalue weighted by atomic mass is 10.1. The van der Waals surface area contributed by atoms with E-state index in [9.17, 15) is 26.8 Å². The van der Waals surface area contributed by atoms with Gasteiger partial charge < -0.3 is 24.8 Å². The summed E-state index contributed by atoms with van der Waals surface area (Å²) in [6.07, 6.45) is 0.781. The third kappa shape index (κ3) is 7.90.